The highest BCUT2D eigenvalue weighted by molar-refractivity contribution is 7.80. The van der Waals surface area contributed by atoms with Crippen LogP contribution < -0.4 is 10.1 Å². The number of halogens is 1. The third kappa shape index (κ3) is 4.47. The highest BCUT2D eigenvalue weighted by Crippen LogP contribution is 2.36. The van der Waals surface area contributed by atoms with E-state index < -0.39 is 12.3 Å². The van der Waals surface area contributed by atoms with E-state index in [-0.39, 0.29) is 23.6 Å². The van der Waals surface area contributed by atoms with Gasteiger partial charge in [-0.25, -0.2) is 13.9 Å². The zero-order chi connectivity index (χ0) is 22.8. The minimum absolute atomic E-state index is 0.00257. The number of hydrogen-bond acceptors (Lipinski definition) is 7. The first-order chi connectivity index (χ1) is 15.3. The zero-order valence-electron chi connectivity index (χ0n) is 17.2. The molecule has 0 radical (unpaired) electrons. The van der Waals surface area contributed by atoms with Gasteiger partial charge in [-0.15, -0.1) is 12.6 Å². The lowest BCUT2D eigenvalue weighted by Crippen LogP contribution is -2.12. The minimum Gasteiger partial charge on any atom is -0.460 e. The molecule has 1 N–H and O–H groups in total. The van der Waals surface area contributed by atoms with Gasteiger partial charge >= 0.3 is 0 Å². The number of amides is 1. The topological polar surface area (TPSA) is 103 Å². The van der Waals surface area contributed by atoms with Crippen LogP contribution in [-0.4, -0.2) is 42.4 Å². The van der Waals surface area contributed by atoms with Crippen LogP contribution in [0.5, 0.6) is 5.75 Å². The van der Waals surface area contributed by atoms with E-state index in [1.807, 2.05) is 0 Å². The normalized spacial score (nSPS) is 12.0. The first-order valence-electron chi connectivity index (χ1n) is 9.62. The summed E-state index contributed by atoms with van der Waals surface area (Å²) in [5.41, 5.74) is 1.66. The Morgan fingerprint density at radius 1 is 1.34 bits per heavy atom. The van der Waals surface area contributed by atoms with Crippen molar-refractivity contribution >= 4 is 35.7 Å². The Labute approximate surface area is 187 Å². The van der Waals surface area contributed by atoms with E-state index in [4.69, 9.17) is 4.74 Å². The molecule has 0 bridgehead atoms. The molecular weight excluding hydrogens is 435 g/mol. The number of fused-ring (bicyclic) bond motifs is 1. The van der Waals surface area contributed by atoms with Crippen molar-refractivity contribution in [1.29, 1.82) is 0 Å². The lowest BCUT2D eigenvalue weighted by Gasteiger charge is -2.13. The summed E-state index contributed by atoms with van der Waals surface area (Å²) >= 11 is 4.35. The van der Waals surface area contributed by atoms with Gasteiger partial charge in [0.2, 0.25) is 6.36 Å². The van der Waals surface area contributed by atoms with Gasteiger partial charge in [0.05, 0.1) is 18.4 Å². The largest absolute Gasteiger partial charge is 0.460 e. The molecular formula is C21H19FN6O3S. The summed E-state index contributed by atoms with van der Waals surface area (Å²) in [6.07, 6.45) is 4.60. The van der Waals surface area contributed by atoms with E-state index in [1.165, 1.54) is 35.4 Å². The number of carbonyl (C=O) groups excluding carboxylic acids is 2. The minimum atomic E-state index is -1.57. The van der Waals surface area contributed by atoms with E-state index in [1.54, 1.807) is 36.7 Å². The zero-order valence-corrected chi connectivity index (χ0v) is 18.1. The Hall–Kier alpha value is -3.73. The Morgan fingerprint density at radius 2 is 2.16 bits per heavy atom. The molecule has 0 aliphatic rings. The average molecular weight is 454 g/mol. The number of hydrogen-bond donors (Lipinski definition) is 2. The molecule has 0 saturated carbocycles. The second-order valence-corrected chi connectivity index (χ2v) is 7.55. The number of ether oxygens (including phenoxy) is 1. The summed E-state index contributed by atoms with van der Waals surface area (Å²) in [4.78, 5) is 29.4. The molecule has 3 heterocycles. The lowest BCUT2D eigenvalue weighted by molar-refractivity contribution is -0.117. The summed E-state index contributed by atoms with van der Waals surface area (Å²) < 4.78 is 21.8. The number of thiol groups is 1. The van der Waals surface area contributed by atoms with Crippen molar-refractivity contribution in [3.05, 3.63) is 54.6 Å². The number of benzene rings is 1. The molecule has 0 spiro atoms. The standard InChI is InChI=1S/C21H19FN6O3S/c1-12(29)10-27-11-17(25-21(30)16-9-24-28-7-3-6-23-20(16)28)19(26-27)15-8-14(32)4-5-18(15)31-13(2)22/h3-9,11,13,32H,10H2,1-2H3,(H,25,30). The van der Waals surface area contributed by atoms with Crippen LogP contribution in [0, 0.1) is 0 Å². The van der Waals surface area contributed by atoms with Crippen LogP contribution >= 0.6 is 12.6 Å². The molecule has 0 aliphatic carbocycles. The van der Waals surface area contributed by atoms with Gasteiger partial charge in [-0.2, -0.15) is 10.2 Å². The first kappa shape index (κ1) is 21.5. The number of alkyl halides is 1. The number of aromatic nitrogens is 5. The Balaban J connectivity index is 1.77. The number of Topliss-reactive ketones (excluding diaryl/α,β-unsaturated/α-hetero) is 1. The molecule has 4 aromatic rings. The molecule has 1 amide bonds. The molecule has 32 heavy (non-hydrogen) atoms. The van der Waals surface area contributed by atoms with Crippen LogP contribution in [0.4, 0.5) is 10.1 Å². The molecule has 0 aliphatic heterocycles. The van der Waals surface area contributed by atoms with Crippen molar-refractivity contribution in [3.63, 3.8) is 0 Å². The molecule has 9 nitrogen and oxygen atoms in total. The number of nitrogens with zero attached hydrogens (tertiary/aromatic N) is 5. The molecule has 11 heteroatoms. The van der Waals surface area contributed by atoms with E-state index >= 15 is 0 Å². The average Bonchev–Trinajstić information content (AvgIpc) is 3.32. The van der Waals surface area contributed by atoms with E-state index in [9.17, 15) is 14.0 Å². The highest BCUT2D eigenvalue weighted by atomic mass is 32.1. The molecule has 1 atom stereocenters. The smallest absolute Gasteiger partial charge is 0.261 e. The van der Waals surface area contributed by atoms with Crippen molar-refractivity contribution in [2.24, 2.45) is 0 Å². The molecule has 164 valence electrons. The van der Waals surface area contributed by atoms with Crippen LogP contribution in [0.2, 0.25) is 0 Å². The lowest BCUT2D eigenvalue weighted by atomic mass is 10.1. The van der Waals surface area contributed by atoms with Crippen LogP contribution in [0.1, 0.15) is 24.2 Å². The third-order valence-electron chi connectivity index (χ3n) is 4.43. The molecule has 1 aromatic carbocycles. The van der Waals surface area contributed by atoms with Gasteiger partial charge in [-0.05, 0) is 31.2 Å². The second-order valence-electron chi connectivity index (χ2n) is 7.03. The number of anilines is 1. The van der Waals surface area contributed by atoms with E-state index in [0.717, 1.165) is 0 Å². The number of nitrogens with one attached hydrogen (secondary N) is 1. The fourth-order valence-electron chi connectivity index (χ4n) is 3.18. The van der Waals surface area contributed by atoms with Crippen molar-refractivity contribution in [3.8, 4) is 17.0 Å². The Morgan fingerprint density at radius 3 is 2.91 bits per heavy atom. The monoisotopic (exact) mass is 454 g/mol. The van der Waals surface area contributed by atoms with Crippen LogP contribution in [0.15, 0.2) is 53.9 Å². The van der Waals surface area contributed by atoms with Crippen LogP contribution in [0.25, 0.3) is 16.9 Å². The molecule has 0 saturated heterocycles. The van der Waals surface area contributed by atoms with Gasteiger partial charge in [-0.1, -0.05) is 0 Å². The SMILES string of the molecule is CC(=O)Cn1cc(NC(=O)c2cnn3cccnc23)c(-c2cc(S)ccc2OC(C)F)n1. The predicted octanol–water partition coefficient (Wildman–Crippen LogP) is 3.42. The maximum Gasteiger partial charge on any atom is 0.261 e. The number of rotatable bonds is 7. The van der Waals surface area contributed by atoms with Crippen molar-refractivity contribution in [1.82, 2.24) is 24.4 Å². The van der Waals surface area contributed by atoms with Gasteiger partial charge in [-0.3, -0.25) is 14.3 Å². The molecule has 1 unspecified atom stereocenters. The molecule has 3 aromatic heterocycles. The fraction of sp³-hybridized carbons (Fsp3) is 0.190. The van der Waals surface area contributed by atoms with Gasteiger partial charge < -0.3 is 10.1 Å². The summed E-state index contributed by atoms with van der Waals surface area (Å²) in [7, 11) is 0. The highest BCUT2D eigenvalue weighted by Gasteiger charge is 2.21. The quantitative estimate of drug-likeness (QED) is 0.415. The fourth-order valence-corrected chi connectivity index (χ4v) is 3.38. The summed E-state index contributed by atoms with van der Waals surface area (Å²) in [6, 6.07) is 6.57. The van der Waals surface area contributed by atoms with E-state index in [0.29, 0.717) is 27.5 Å². The van der Waals surface area contributed by atoms with Gasteiger partial charge in [0.15, 0.2) is 11.4 Å². The number of carbonyl (C=O) groups is 2. The van der Waals surface area contributed by atoms with Gasteiger partial charge in [0.1, 0.15) is 17.0 Å². The van der Waals surface area contributed by atoms with Gasteiger partial charge in [0.25, 0.3) is 5.91 Å². The van der Waals surface area contributed by atoms with Gasteiger partial charge in [0, 0.05) is 36.0 Å². The maximum absolute atomic E-state index is 13.6. The van der Waals surface area contributed by atoms with Crippen LogP contribution in [-0.2, 0) is 11.3 Å². The van der Waals surface area contributed by atoms with E-state index in [2.05, 4.69) is 33.1 Å². The summed E-state index contributed by atoms with van der Waals surface area (Å²) in [5.74, 6) is -0.370. The van der Waals surface area contributed by atoms with Crippen molar-refractivity contribution in [2.45, 2.75) is 31.6 Å². The molecule has 0 fully saturated rings. The Kier molecular flexibility index (Phi) is 5.91. The number of ketones is 1. The first-order valence-corrected chi connectivity index (χ1v) is 10.1. The Bertz CT molecular complexity index is 1320. The van der Waals surface area contributed by atoms with Crippen LogP contribution in [0.3, 0.4) is 0 Å². The second kappa shape index (κ2) is 8.79. The maximum atomic E-state index is 13.6. The molecule has 4 rings (SSSR count). The predicted molar refractivity (Wildman–Crippen MR) is 118 cm³/mol. The summed E-state index contributed by atoms with van der Waals surface area (Å²) in [6.45, 7) is 2.68. The van der Waals surface area contributed by atoms with Crippen molar-refractivity contribution < 1.29 is 18.7 Å². The summed E-state index contributed by atoms with van der Waals surface area (Å²) in [5, 5.41) is 11.4. The van der Waals surface area contributed by atoms with Crippen molar-refractivity contribution in [2.75, 3.05) is 5.32 Å². The third-order valence-corrected chi connectivity index (χ3v) is 4.70.